The monoisotopic (exact) mass is 579 g/mol. The molecule has 0 heterocycles. The Morgan fingerprint density at radius 1 is 0.951 bits per heavy atom. The second-order valence-electron chi connectivity index (χ2n) is 10.5. The first-order valence-corrected chi connectivity index (χ1v) is 15.3. The minimum atomic E-state index is -4.15. The largest absolute Gasteiger partial charge is 0.497 e. The lowest BCUT2D eigenvalue weighted by atomic mass is 10.1. The zero-order valence-corrected chi connectivity index (χ0v) is 25.6. The fourth-order valence-corrected chi connectivity index (χ4v) is 5.85. The van der Waals surface area contributed by atoms with E-state index in [1.807, 2.05) is 58.9 Å². The molecule has 0 aliphatic heterocycles. The van der Waals surface area contributed by atoms with Gasteiger partial charge in [0.05, 0.1) is 17.7 Å². The third-order valence-electron chi connectivity index (χ3n) is 6.90. The Hall–Kier alpha value is -3.85. The fraction of sp³-hybridized carbons (Fsp3) is 0.375. The first-order valence-electron chi connectivity index (χ1n) is 13.8. The number of benzene rings is 3. The highest BCUT2D eigenvalue weighted by molar-refractivity contribution is 7.92. The Balaban J connectivity index is 2.08. The summed E-state index contributed by atoms with van der Waals surface area (Å²) in [4.78, 5) is 29.1. The summed E-state index contributed by atoms with van der Waals surface area (Å²) in [6.45, 7) is 9.80. The summed E-state index contributed by atoms with van der Waals surface area (Å²) in [5.41, 5.74) is 3.05. The van der Waals surface area contributed by atoms with Crippen LogP contribution in [0.15, 0.2) is 77.7 Å². The van der Waals surface area contributed by atoms with Crippen molar-refractivity contribution in [2.24, 2.45) is 5.92 Å². The standard InChI is InChI=1S/C32H41N3O5S/c1-7-30(32(37)33-20-23(2)3)34(21-26-12-9-8-11-25(26)5)31(36)22-35(27-13-10-14-28(19-27)40-6)41(38,39)29-17-15-24(4)16-18-29/h8-19,23,30H,7,20-22H2,1-6H3,(H,33,37)/t30-/m1/s1. The van der Waals surface area contributed by atoms with Crippen LogP contribution in [0.4, 0.5) is 5.69 Å². The molecule has 3 rings (SSSR count). The zero-order chi connectivity index (χ0) is 30.2. The van der Waals surface area contributed by atoms with Gasteiger partial charge in [-0.25, -0.2) is 8.42 Å². The van der Waals surface area contributed by atoms with Crippen LogP contribution in [0.1, 0.15) is 43.9 Å². The molecule has 0 unspecified atom stereocenters. The highest BCUT2D eigenvalue weighted by Gasteiger charge is 2.34. The molecule has 0 aromatic heterocycles. The predicted octanol–water partition coefficient (Wildman–Crippen LogP) is 5.09. The molecule has 0 aliphatic carbocycles. The molecule has 0 aliphatic rings. The van der Waals surface area contributed by atoms with E-state index < -0.39 is 28.5 Å². The maximum Gasteiger partial charge on any atom is 0.264 e. The number of methoxy groups -OCH3 is 1. The van der Waals surface area contributed by atoms with Gasteiger partial charge in [0.25, 0.3) is 10.0 Å². The topological polar surface area (TPSA) is 96.0 Å². The van der Waals surface area contributed by atoms with Crippen LogP contribution in [0.25, 0.3) is 0 Å². The molecule has 3 aromatic carbocycles. The third kappa shape index (κ3) is 8.10. The van der Waals surface area contributed by atoms with Crippen molar-refractivity contribution >= 4 is 27.5 Å². The van der Waals surface area contributed by atoms with E-state index in [4.69, 9.17) is 4.74 Å². The van der Waals surface area contributed by atoms with E-state index in [0.29, 0.717) is 18.7 Å². The molecule has 41 heavy (non-hydrogen) atoms. The quantitative estimate of drug-likeness (QED) is 0.305. The molecule has 1 N–H and O–H groups in total. The van der Waals surface area contributed by atoms with Crippen LogP contribution < -0.4 is 14.4 Å². The summed E-state index contributed by atoms with van der Waals surface area (Å²) in [5, 5.41) is 2.95. The average molecular weight is 580 g/mol. The minimum absolute atomic E-state index is 0.0610. The Bertz CT molecular complexity index is 1440. The number of nitrogens with zero attached hydrogens (tertiary/aromatic N) is 2. The molecule has 3 aromatic rings. The lowest BCUT2D eigenvalue weighted by molar-refractivity contribution is -0.140. The molecular weight excluding hydrogens is 538 g/mol. The van der Waals surface area contributed by atoms with Crippen LogP contribution >= 0.6 is 0 Å². The smallest absolute Gasteiger partial charge is 0.264 e. The summed E-state index contributed by atoms with van der Waals surface area (Å²) in [7, 11) is -2.66. The lowest BCUT2D eigenvalue weighted by Crippen LogP contribution is -2.52. The Morgan fingerprint density at radius 2 is 1.63 bits per heavy atom. The van der Waals surface area contributed by atoms with Crippen LogP contribution in [-0.4, -0.2) is 51.4 Å². The van der Waals surface area contributed by atoms with E-state index in [0.717, 1.165) is 21.0 Å². The van der Waals surface area contributed by atoms with Gasteiger partial charge in [0.1, 0.15) is 18.3 Å². The number of carbonyl (C=O) groups excluding carboxylic acids is 2. The number of hydrogen-bond acceptors (Lipinski definition) is 5. The lowest BCUT2D eigenvalue weighted by Gasteiger charge is -2.33. The van der Waals surface area contributed by atoms with Gasteiger partial charge in [0.2, 0.25) is 11.8 Å². The molecule has 0 bridgehead atoms. The number of hydrogen-bond donors (Lipinski definition) is 1. The SMILES string of the molecule is CC[C@H](C(=O)NCC(C)C)N(Cc1ccccc1C)C(=O)CN(c1cccc(OC)c1)S(=O)(=O)c1ccc(C)cc1. The zero-order valence-electron chi connectivity index (χ0n) is 24.8. The summed E-state index contributed by atoms with van der Waals surface area (Å²) in [6, 6.07) is 20.0. The second kappa shape index (κ2) is 14.2. The van der Waals surface area contributed by atoms with Gasteiger partial charge in [-0.05, 0) is 61.6 Å². The van der Waals surface area contributed by atoms with Gasteiger partial charge in [0, 0.05) is 19.2 Å². The maximum atomic E-state index is 14.2. The number of amides is 2. The summed E-state index contributed by atoms with van der Waals surface area (Å²) >= 11 is 0. The number of sulfonamides is 1. The van der Waals surface area contributed by atoms with Crippen LogP contribution in [0.5, 0.6) is 5.75 Å². The van der Waals surface area contributed by atoms with E-state index >= 15 is 0 Å². The molecule has 0 radical (unpaired) electrons. The number of anilines is 1. The van der Waals surface area contributed by atoms with E-state index in [1.165, 1.54) is 24.1 Å². The van der Waals surface area contributed by atoms with Crippen molar-refractivity contribution in [3.05, 3.63) is 89.5 Å². The molecule has 220 valence electrons. The fourth-order valence-electron chi connectivity index (χ4n) is 4.44. The maximum absolute atomic E-state index is 14.2. The van der Waals surface area contributed by atoms with E-state index in [2.05, 4.69) is 5.32 Å². The highest BCUT2D eigenvalue weighted by atomic mass is 32.2. The first kappa shape index (κ1) is 31.7. The summed E-state index contributed by atoms with van der Waals surface area (Å²) < 4.78 is 34.4. The second-order valence-corrected chi connectivity index (χ2v) is 12.4. The van der Waals surface area contributed by atoms with Crippen LogP contribution in [0, 0.1) is 19.8 Å². The molecular formula is C32H41N3O5S. The minimum Gasteiger partial charge on any atom is -0.497 e. The van der Waals surface area contributed by atoms with Crippen molar-refractivity contribution in [1.82, 2.24) is 10.2 Å². The molecule has 1 atom stereocenters. The van der Waals surface area contributed by atoms with E-state index in [1.54, 1.807) is 36.4 Å². The van der Waals surface area contributed by atoms with Crippen molar-refractivity contribution in [3.8, 4) is 5.75 Å². The normalized spacial score (nSPS) is 12.1. The number of aryl methyl sites for hydroxylation is 2. The predicted molar refractivity (Wildman–Crippen MR) is 162 cm³/mol. The Morgan fingerprint density at radius 3 is 2.24 bits per heavy atom. The summed E-state index contributed by atoms with van der Waals surface area (Å²) in [5.74, 6) is -0.0636. The molecule has 0 saturated heterocycles. The Kier molecular flexibility index (Phi) is 10.9. The summed E-state index contributed by atoms with van der Waals surface area (Å²) in [6.07, 6.45) is 0.366. The van der Waals surface area contributed by atoms with Gasteiger partial charge in [-0.1, -0.05) is 68.8 Å². The van der Waals surface area contributed by atoms with Crippen molar-refractivity contribution in [2.45, 2.75) is 58.5 Å². The molecule has 0 fully saturated rings. The van der Waals surface area contributed by atoms with E-state index in [-0.39, 0.29) is 29.0 Å². The number of nitrogens with one attached hydrogen (secondary N) is 1. The molecule has 8 nitrogen and oxygen atoms in total. The number of carbonyl (C=O) groups is 2. The van der Waals surface area contributed by atoms with Gasteiger partial charge < -0.3 is 15.0 Å². The molecule has 9 heteroatoms. The van der Waals surface area contributed by atoms with Crippen molar-refractivity contribution in [1.29, 1.82) is 0 Å². The van der Waals surface area contributed by atoms with Gasteiger partial charge in [-0.2, -0.15) is 0 Å². The van der Waals surface area contributed by atoms with Crippen molar-refractivity contribution in [2.75, 3.05) is 24.5 Å². The Labute approximate surface area is 244 Å². The average Bonchev–Trinajstić information content (AvgIpc) is 2.95. The van der Waals surface area contributed by atoms with E-state index in [9.17, 15) is 18.0 Å². The third-order valence-corrected chi connectivity index (χ3v) is 8.69. The van der Waals surface area contributed by atoms with Crippen molar-refractivity contribution < 1.29 is 22.7 Å². The highest BCUT2D eigenvalue weighted by Crippen LogP contribution is 2.28. The van der Waals surface area contributed by atoms with Crippen LogP contribution in [-0.2, 0) is 26.2 Å². The number of ether oxygens (including phenoxy) is 1. The van der Waals surface area contributed by atoms with Gasteiger partial charge in [0.15, 0.2) is 0 Å². The van der Waals surface area contributed by atoms with Gasteiger partial charge >= 0.3 is 0 Å². The number of rotatable bonds is 13. The van der Waals surface area contributed by atoms with Crippen LogP contribution in [0.2, 0.25) is 0 Å². The van der Waals surface area contributed by atoms with Gasteiger partial charge in [-0.3, -0.25) is 13.9 Å². The first-order chi connectivity index (χ1) is 19.5. The van der Waals surface area contributed by atoms with Crippen LogP contribution in [0.3, 0.4) is 0 Å². The van der Waals surface area contributed by atoms with Crippen molar-refractivity contribution in [3.63, 3.8) is 0 Å². The molecule has 0 saturated carbocycles. The molecule has 2 amide bonds. The molecule has 0 spiro atoms. The van der Waals surface area contributed by atoms with Gasteiger partial charge in [-0.15, -0.1) is 0 Å².